The molecule has 0 radical (unpaired) electrons. The van der Waals surface area contributed by atoms with E-state index >= 15 is 0 Å². The number of hydrogen-bond acceptors (Lipinski definition) is 4. The Morgan fingerprint density at radius 2 is 2.18 bits per heavy atom. The van der Waals surface area contributed by atoms with E-state index in [1.807, 2.05) is 6.92 Å². The average molecular weight is 240 g/mol. The maximum atomic E-state index is 13.8. The minimum absolute atomic E-state index is 0.0690. The molecule has 1 rings (SSSR count). The van der Waals surface area contributed by atoms with Crippen molar-refractivity contribution >= 4 is 11.7 Å². The van der Waals surface area contributed by atoms with E-state index in [-0.39, 0.29) is 11.7 Å². The van der Waals surface area contributed by atoms with E-state index < -0.39 is 11.9 Å². The number of carbonyl (C=O) groups excluding carboxylic acids is 1. The predicted molar refractivity (Wildman–Crippen MR) is 63.1 cm³/mol. The molecular formula is C11H17FN4O. The second-order valence-corrected chi connectivity index (χ2v) is 3.94. The molecule has 0 saturated carbocycles. The third kappa shape index (κ3) is 3.12. The monoisotopic (exact) mass is 240 g/mol. The van der Waals surface area contributed by atoms with Gasteiger partial charge in [-0.2, -0.15) is 0 Å². The summed E-state index contributed by atoms with van der Waals surface area (Å²) in [6.45, 7) is 3.47. The van der Waals surface area contributed by atoms with E-state index in [4.69, 9.17) is 0 Å². The molecule has 0 fully saturated rings. The molecule has 1 aromatic heterocycles. The number of halogens is 1. The average Bonchev–Trinajstić information content (AvgIpc) is 2.30. The number of nitrogens with zero attached hydrogens (tertiary/aromatic N) is 3. The number of amides is 1. The molecule has 0 unspecified atom stereocenters. The summed E-state index contributed by atoms with van der Waals surface area (Å²) in [4.78, 5) is 20.7. The van der Waals surface area contributed by atoms with E-state index in [0.717, 1.165) is 0 Å². The number of rotatable bonds is 4. The zero-order valence-electron chi connectivity index (χ0n) is 10.5. The van der Waals surface area contributed by atoms with Crippen molar-refractivity contribution in [3.8, 4) is 0 Å². The van der Waals surface area contributed by atoms with Gasteiger partial charge in [-0.05, 0) is 13.3 Å². The van der Waals surface area contributed by atoms with Gasteiger partial charge in [0.25, 0.3) is 0 Å². The third-order valence-electron chi connectivity index (χ3n) is 2.36. The van der Waals surface area contributed by atoms with Gasteiger partial charge in [0.15, 0.2) is 11.6 Å². The van der Waals surface area contributed by atoms with Crippen LogP contribution < -0.4 is 5.32 Å². The van der Waals surface area contributed by atoms with Crippen LogP contribution in [-0.4, -0.2) is 40.9 Å². The van der Waals surface area contributed by atoms with Crippen molar-refractivity contribution in [2.24, 2.45) is 0 Å². The molecular weight excluding hydrogens is 223 g/mol. The number of likely N-dealkylation sites (N-methyl/N-ethyl adjacent to an activating group) is 1. The first-order valence-corrected chi connectivity index (χ1v) is 5.44. The maximum Gasteiger partial charge on any atom is 0.244 e. The van der Waals surface area contributed by atoms with Crippen LogP contribution in [0.2, 0.25) is 0 Å². The molecule has 5 nitrogen and oxygen atoms in total. The SMILES string of the molecule is CCc1ncnc(N[C@@H](C)C(=O)N(C)C)c1F. The topological polar surface area (TPSA) is 58.1 Å². The third-order valence-corrected chi connectivity index (χ3v) is 2.36. The lowest BCUT2D eigenvalue weighted by Crippen LogP contribution is -2.37. The number of carbonyl (C=O) groups is 1. The normalized spacial score (nSPS) is 12.1. The Balaban J connectivity index is 2.85. The molecule has 0 aromatic carbocycles. The number of aromatic nitrogens is 2. The Morgan fingerprint density at radius 1 is 1.53 bits per heavy atom. The zero-order chi connectivity index (χ0) is 13.0. The Labute approximate surface area is 100 Å². The second-order valence-electron chi connectivity index (χ2n) is 3.94. The van der Waals surface area contributed by atoms with Gasteiger partial charge < -0.3 is 10.2 Å². The van der Waals surface area contributed by atoms with Gasteiger partial charge in [0, 0.05) is 14.1 Å². The first-order chi connectivity index (χ1) is 7.97. The molecule has 1 N–H and O–H groups in total. The van der Waals surface area contributed by atoms with Crippen LogP contribution in [0.3, 0.4) is 0 Å². The summed E-state index contributed by atoms with van der Waals surface area (Å²) < 4.78 is 13.8. The molecule has 6 heteroatoms. The molecule has 94 valence electrons. The molecule has 0 spiro atoms. The summed E-state index contributed by atoms with van der Waals surface area (Å²) in [7, 11) is 3.29. The fourth-order valence-corrected chi connectivity index (χ4v) is 1.41. The van der Waals surface area contributed by atoms with Crippen molar-refractivity contribution in [3.05, 3.63) is 17.8 Å². The van der Waals surface area contributed by atoms with E-state index in [0.29, 0.717) is 12.1 Å². The Morgan fingerprint density at radius 3 is 2.71 bits per heavy atom. The highest BCUT2D eigenvalue weighted by atomic mass is 19.1. The number of hydrogen-bond donors (Lipinski definition) is 1. The summed E-state index contributed by atoms with van der Waals surface area (Å²) in [6, 6.07) is -0.529. The number of nitrogens with one attached hydrogen (secondary N) is 1. The van der Waals surface area contributed by atoms with Crippen molar-refractivity contribution in [1.82, 2.24) is 14.9 Å². The van der Waals surface area contributed by atoms with Gasteiger partial charge in [0.1, 0.15) is 12.4 Å². The number of aryl methyl sites for hydroxylation is 1. The van der Waals surface area contributed by atoms with Gasteiger partial charge >= 0.3 is 0 Å². The summed E-state index contributed by atoms with van der Waals surface area (Å²) >= 11 is 0. The lowest BCUT2D eigenvalue weighted by molar-refractivity contribution is -0.129. The van der Waals surface area contributed by atoms with Crippen LogP contribution in [0.4, 0.5) is 10.2 Å². The quantitative estimate of drug-likeness (QED) is 0.855. The Kier molecular flexibility index (Phi) is 4.37. The van der Waals surface area contributed by atoms with Crippen LogP contribution in [0.1, 0.15) is 19.5 Å². The van der Waals surface area contributed by atoms with E-state index in [9.17, 15) is 9.18 Å². The first-order valence-electron chi connectivity index (χ1n) is 5.44. The minimum Gasteiger partial charge on any atom is -0.356 e. The summed E-state index contributed by atoms with van der Waals surface area (Å²) in [5.74, 6) is -0.561. The van der Waals surface area contributed by atoms with E-state index in [1.165, 1.54) is 11.2 Å². The molecule has 1 heterocycles. The van der Waals surface area contributed by atoms with Gasteiger partial charge in [-0.15, -0.1) is 0 Å². The highest BCUT2D eigenvalue weighted by Crippen LogP contribution is 2.14. The van der Waals surface area contributed by atoms with Gasteiger partial charge in [0.05, 0.1) is 5.69 Å². The first kappa shape index (κ1) is 13.3. The van der Waals surface area contributed by atoms with Gasteiger partial charge in [-0.1, -0.05) is 6.92 Å². The molecule has 1 atom stereocenters. The maximum absolute atomic E-state index is 13.8. The fourth-order valence-electron chi connectivity index (χ4n) is 1.41. The molecule has 0 aliphatic heterocycles. The van der Waals surface area contributed by atoms with E-state index in [2.05, 4.69) is 15.3 Å². The fraction of sp³-hybridized carbons (Fsp3) is 0.545. The molecule has 0 saturated heterocycles. The van der Waals surface area contributed by atoms with Crippen LogP contribution in [-0.2, 0) is 11.2 Å². The summed E-state index contributed by atoms with van der Waals surface area (Å²) in [5, 5.41) is 2.75. The summed E-state index contributed by atoms with van der Waals surface area (Å²) in [6.07, 6.45) is 1.77. The minimum atomic E-state index is -0.529. The molecule has 17 heavy (non-hydrogen) atoms. The Hall–Kier alpha value is -1.72. The van der Waals surface area contributed by atoms with Gasteiger partial charge in [0.2, 0.25) is 5.91 Å². The predicted octanol–water partition coefficient (Wildman–Crippen LogP) is 1.07. The van der Waals surface area contributed by atoms with Gasteiger partial charge in [-0.25, -0.2) is 14.4 Å². The largest absolute Gasteiger partial charge is 0.356 e. The number of anilines is 1. The van der Waals surface area contributed by atoms with Crippen molar-refractivity contribution in [3.63, 3.8) is 0 Å². The standard InChI is InChI=1S/C11H17FN4O/c1-5-8-9(12)10(14-6-13-8)15-7(2)11(17)16(3)4/h6-7H,5H2,1-4H3,(H,13,14,15)/t7-/m0/s1. The summed E-state index contributed by atoms with van der Waals surface area (Å²) in [5.41, 5.74) is 0.340. The highest BCUT2D eigenvalue weighted by Gasteiger charge is 2.18. The molecule has 1 aromatic rings. The molecule has 1 amide bonds. The van der Waals surface area contributed by atoms with Crippen LogP contribution in [0.15, 0.2) is 6.33 Å². The van der Waals surface area contributed by atoms with Crippen LogP contribution in [0.25, 0.3) is 0 Å². The van der Waals surface area contributed by atoms with Crippen molar-refractivity contribution in [1.29, 1.82) is 0 Å². The van der Waals surface area contributed by atoms with Crippen molar-refractivity contribution < 1.29 is 9.18 Å². The van der Waals surface area contributed by atoms with Crippen LogP contribution in [0.5, 0.6) is 0 Å². The highest BCUT2D eigenvalue weighted by molar-refractivity contribution is 5.83. The second kappa shape index (κ2) is 5.56. The van der Waals surface area contributed by atoms with E-state index in [1.54, 1.807) is 21.0 Å². The van der Waals surface area contributed by atoms with Crippen molar-refractivity contribution in [2.75, 3.05) is 19.4 Å². The van der Waals surface area contributed by atoms with Crippen LogP contribution >= 0.6 is 0 Å². The van der Waals surface area contributed by atoms with Crippen molar-refractivity contribution in [2.45, 2.75) is 26.3 Å². The lowest BCUT2D eigenvalue weighted by Gasteiger charge is -2.18. The Bertz CT molecular complexity index is 408. The molecule has 0 bridgehead atoms. The zero-order valence-corrected chi connectivity index (χ0v) is 10.5. The molecule has 0 aliphatic rings. The van der Waals surface area contributed by atoms with Crippen LogP contribution in [0, 0.1) is 5.82 Å². The molecule has 0 aliphatic carbocycles. The van der Waals surface area contributed by atoms with Gasteiger partial charge in [-0.3, -0.25) is 4.79 Å². The smallest absolute Gasteiger partial charge is 0.244 e. The lowest BCUT2D eigenvalue weighted by atomic mass is 10.2.